The molecule has 41 heavy (non-hydrogen) atoms. The number of hydrogen-bond donors (Lipinski definition) is 0. The zero-order chi connectivity index (χ0) is 33.8. The smallest absolute Gasteiger partial charge is 0.390 e. The monoisotopic (exact) mass is 668 g/mol. The molecule has 0 saturated carbocycles. The number of alkyl halides is 20. The summed E-state index contributed by atoms with van der Waals surface area (Å²) >= 11 is 0. The van der Waals surface area contributed by atoms with Gasteiger partial charge in [0.25, 0.3) is 5.83 Å². The molecule has 0 aliphatic heterocycles. The Balaban J connectivity index is 6.84. The van der Waals surface area contributed by atoms with Crippen molar-refractivity contribution >= 4 is 5.97 Å². The van der Waals surface area contributed by atoms with Gasteiger partial charge in [0.2, 0.25) is 0 Å². The van der Waals surface area contributed by atoms with Crippen molar-refractivity contribution in [2.75, 3.05) is 0 Å². The summed E-state index contributed by atoms with van der Waals surface area (Å²) in [7, 11) is 0. The molecule has 0 spiro atoms. The number of carbonyl (C=O) groups is 1. The third kappa shape index (κ3) is 5.94. The van der Waals surface area contributed by atoms with Gasteiger partial charge in [0, 0.05) is 0 Å². The minimum absolute atomic E-state index is 0.291. The van der Waals surface area contributed by atoms with Gasteiger partial charge >= 0.3 is 65.8 Å². The lowest BCUT2D eigenvalue weighted by molar-refractivity contribution is -0.469. The first-order valence-corrected chi connectivity index (χ1v) is 9.21. The van der Waals surface area contributed by atoms with Crippen LogP contribution in [0.1, 0.15) is 13.3 Å². The lowest BCUT2D eigenvalue weighted by Crippen LogP contribution is -2.75. The van der Waals surface area contributed by atoms with Gasteiger partial charge in [0.1, 0.15) is 0 Å². The van der Waals surface area contributed by atoms with Gasteiger partial charge in [-0.25, -0.2) is 9.18 Å². The van der Waals surface area contributed by atoms with Gasteiger partial charge in [-0.2, -0.15) is 96.6 Å². The first-order valence-electron chi connectivity index (χ1n) is 9.21. The maximum atomic E-state index is 13.7. The Morgan fingerprint density at radius 3 is 1.22 bits per heavy atom. The van der Waals surface area contributed by atoms with Crippen LogP contribution >= 0.6 is 0 Å². The van der Waals surface area contributed by atoms with E-state index in [1.807, 2.05) is 0 Å². The van der Waals surface area contributed by atoms with Crippen molar-refractivity contribution in [1.29, 1.82) is 0 Å². The molecule has 0 amide bonds. The van der Waals surface area contributed by atoms with Crippen molar-refractivity contribution in [3.05, 3.63) is 11.9 Å². The Kier molecular flexibility index (Phi) is 10.1. The Bertz CT molecular complexity index is 988. The molecule has 25 heteroatoms. The zero-order valence-corrected chi connectivity index (χ0v) is 18.4. The Morgan fingerprint density at radius 2 is 0.902 bits per heavy atom. The highest BCUT2D eigenvalue weighted by Crippen LogP contribution is 2.64. The van der Waals surface area contributed by atoms with Gasteiger partial charge in [0.05, 0.1) is 5.92 Å². The molecule has 0 aromatic heterocycles. The van der Waals surface area contributed by atoms with Crippen molar-refractivity contribution in [3.63, 3.8) is 0 Å². The molecule has 0 aliphatic carbocycles. The van der Waals surface area contributed by atoms with Crippen LogP contribution < -0.4 is 0 Å². The standard InChI is InChI=1S/C16H7F23O2/c1-3(9(23,24)25)2-4(17)8(21,22)10(26,27)11(28,29)12(30,31)13(32,33)14(34,35)15(36,37)16(38,39)41-7(40)5(18)6(19)20/h3-4H,2H2,1H3. The molecule has 0 aromatic rings. The third-order valence-corrected chi connectivity index (χ3v) is 4.83. The van der Waals surface area contributed by atoms with E-state index in [0.29, 0.717) is 0 Å². The quantitative estimate of drug-likeness (QED) is 0.118. The molecule has 2 nitrogen and oxygen atoms in total. The predicted octanol–water partition coefficient (Wildman–Crippen LogP) is 8.57. The highest BCUT2D eigenvalue weighted by molar-refractivity contribution is 5.86. The molecule has 2 atom stereocenters. The molecule has 2 unspecified atom stereocenters. The molecule has 0 bridgehead atoms. The van der Waals surface area contributed by atoms with Crippen LogP contribution in [-0.4, -0.2) is 65.9 Å². The lowest BCUT2D eigenvalue weighted by Gasteiger charge is -2.43. The van der Waals surface area contributed by atoms with Gasteiger partial charge in [-0.3, -0.25) is 0 Å². The lowest BCUT2D eigenvalue weighted by atomic mass is 9.86. The maximum absolute atomic E-state index is 13.7. The number of ether oxygens (including phenoxy) is 1. The number of carbonyl (C=O) groups excluding carboxylic acids is 1. The molecule has 0 fully saturated rings. The van der Waals surface area contributed by atoms with E-state index in [2.05, 4.69) is 0 Å². The van der Waals surface area contributed by atoms with Crippen molar-refractivity contribution in [2.24, 2.45) is 5.92 Å². The zero-order valence-electron chi connectivity index (χ0n) is 18.4. The highest BCUT2D eigenvalue weighted by atomic mass is 19.4. The van der Waals surface area contributed by atoms with Crippen molar-refractivity contribution < 1.29 is 111 Å². The summed E-state index contributed by atoms with van der Waals surface area (Å²) in [5, 5.41) is 0. The van der Waals surface area contributed by atoms with Gasteiger partial charge in [-0.05, 0) is 6.42 Å². The molecule has 0 saturated heterocycles. The topological polar surface area (TPSA) is 26.3 Å². The van der Waals surface area contributed by atoms with Crippen LogP contribution in [0.4, 0.5) is 101 Å². The van der Waals surface area contributed by atoms with Crippen LogP contribution in [-0.2, 0) is 9.53 Å². The minimum Gasteiger partial charge on any atom is -0.390 e. The fourth-order valence-corrected chi connectivity index (χ4v) is 2.27. The van der Waals surface area contributed by atoms with Crippen molar-refractivity contribution in [2.45, 2.75) is 73.3 Å². The van der Waals surface area contributed by atoms with Crippen molar-refractivity contribution in [1.82, 2.24) is 0 Å². The largest absolute Gasteiger partial charge is 0.473 e. The average molecular weight is 668 g/mol. The first kappa shape index (κ1) is 38.6. The third-order valence-electron chi connectivity index (χ3n) is 4.83. The molecule has 0 rings (SSSR count). The van der Waals surface area contributed by atoms with E-state index in [-0.39, 0.29) is 6.92 Å². The normalized spacial score (nSPS) is 16.8. The van der Waals surface area contributed by atoms with Crippen LogP contribution in [0, 0.1) is 5.92 Å². The summed E-state index contributed by atoms with van der Waals surface area (Å²) in [5.74, 6) is -72.5. The Morgan fingerprint density at radius 1 is 0.585 bits per heavy atom. The van der Waals surface area contributed by atoms with E-state index in [1.54, 1.807) is 4.74 Å². The van der Waals surface area contributed by atoms with Gasteiger partial charge in [0.15, 0.2) is 6.17 Å². The number of rotatable bonds is 12. The van der Waals surface area contributed by atoms with Crippen LogP contribution in [0.15, 0.2) is 11.9 Å². The summed E-state index contributed by atoms with van der Waals surface area (Å²) in [6.45, 7) is -0.291. The van der Waals surface area contributed by atoms with Gasteiger partial charge in [-0.15, -0.1) is 0 Å². The Labute approximate surface area is 209 Å². The van der Waals surface area contributed by atoms with Crippen LogP contribution in [0.5, 0.6) is 0 Å². The second-order valence-corrected chi connectivity index (χ2v) is 7.70. The molecule has 0 aliphatic rings. The fraction of sp³-hybridized carbons (Fsp3) is 0.812. The molecule has 244 valence electrons. The van der Waals surface area contributed by atoms with E-state index < -0.39 is 90.1 Å². The van der Waals surface area contributed by atoms with E-state index in [9.17, 15) is 106 Å². The molecular weight excluding hydrogens is 661 g/mol. The van der Waals surface area contributed by atoms with Crippen LogP contribution in [0.25, 0.3) is 0 Å². The second kappa shape index (κ2) is 10.7. The Hall–Kier alpha value is -2.40. The fourth-order valence-electron chi connectivity index (χ4n) is 2.27. The average Bonchev–Trinajstić information content (AvgIpc) is 2.76. The van der Waals surface area contributed by atoms with Gasteiger partial charge < -0.3 is 4.74 Å². The summed E-state index contributed by atoms with van der Waals surface area (Å²) < 4.78 is 305. The number of halogens is 23. The summed E-state index contributed by atoms with van der Waals surface area (Å²) in [6, 6.07) is 0. The second-order valence-electron chi connectivity index (χ2n) is 7.70. The minimum atomic E-state index is -9.13. The highest BCUT2D eigenvalue weighted by Gasteiger charge is 2.96. The van der Waals surface area contributed by atoms with Crippen molar-refractivity contribution in [3.8, 4) is 0 Å². The summed E-state index contributed by atoms with van der Waals surface area (Å²) in [4.78, 5) is 10.5. The molecule has 0 aromatic carbocycles. The van der Waals surface area contributed by atoms with E-state index in [1.165, 1.54) is 0 Å². The summed E-state index contributed by atoms with van der Waals surface area (Å²) in [5.41, 5.74) is 0. The van der Waals surface area contributed by atoms with E-state index >= 15 is 0 Å². The van der Waals surface area contributed by atoms with E-state index in [4.69, 9.17) is 0 Å². The first-order chi connectivity index (χ1) is 17.5. The van der Waals surface area contributed by atoms with Crippen LogP contribution in [0.2, 0.25) is 0 Å². The number of hydrogen-bond acceptors (Lipinski definition) is 2. The maximum Gasteiger partial charge on any atom is 0.473 e. The molecular formula is C16H7F23O2. The van der Waals surface area contributed by atoms with Crippen LogP contribution in [0.3, 0.4) is 0 Å². The summed E-state index contributed by atoms with van der Waals surface area (Å²) in [6.07, 6.45) is -26.1. The van der Waals surface area contributed by atoms with E-state index in [0.717, 1.165) is 0 Å². The predicted molar refractivity (Wildman–Crippen MR) is 80.8 cm³/mol. The molecule has 0 heterocycles. The SMILES string of the molecule is CC(CC(F)C(F)(F)C(F)(F)C(F)(F)C(F)(F)C(F)(F)C(F)(F)C(F)(F)C(F)(F)OC(=O)C(F)=C(F)F)C(F)(F)F. The van der Waals surface area contributed by atoms with Gasteiger partial charge in [-0.1, -0.05) is 6.92 Å². The molecule has 0 radical (unpaired) electrons. The molecule has 0 N–H and O–H groups in total. The number of esters is 1.